The number of ether oxygens (including phenoxy) is 3. The number of carbonyl (C=O) groups is 1. The summed E-state index contributed by atoms with van der Waals surface area (Å²) in [5, 5.41) is 3.04. The van der Waals surface area contributed by atoms with Crippen molar-refractivity contribution in [3.8, 4) is 5.75 Å². The van der Waals surface area contributed by atoms with Crippen LogP contribution in [0.4, 0.5) is 10.5 Å². The van der Waals surface area contributed by atoms with Crippen LogP contribution in [-0.2, 0) is 9.47 Å². The largest absolute Gasteiger partial charge is 0.495 e. The molecule has 4 rings (SSSR count). The third kappa shape index (κ3) is 3.26. The van der Waals surface area contributed by atoms with E-state index in [9.17, 15) is 4.79 Å². The van der Waals surface area contributed by atoms with Gasteiger partial charge in [-0.05, 0) is 30.2 Å². The minimum Gasteiger partial charge on any atom is -0.495 e. The summed E-state index contributed by atoms with van der Waals surface area (Å²) >= 11 is 0. The quantitative estimate of drug-likeness (QED) is 0.763. The number of methoxy groups -OCH3 is 3. The smallest absolute Gasteiger partial charge is 0.322 e. The van der Waals surface area contributed by atoms with E-state index in [0.29, 0.717) is 18.0 Å². The van der Waals surface area contributed by atoms with E-state index >= 15 is 0 Å². The molecule has 154 valence electrons. The van der Waals surface area contributed by atoms with E-state index in [0.717, 1.165) is 24.0 Å². The molecule has 1 saturated heterocycles. The van der Waals surface area contributed by atoms with Crippen LogP contribution < -0.4 is 10.1 Å². The molecule has 1 N–H and O–H groups in total. The second-order valence-corrected chi connectivity index (χ2v) is 8.11. The molecule has 6 nitrogen and oxygen atoms in total. The van der Waals surface area contributed by atoms with Gasteiger partial charge in [-0.2, -0.15) is 0 Å². The van der Waals surface area contributed by atoms with Gasteiger partial charge in [-0.1, -0.05) is 36.4 Å². The van der Waals surface area contributed by atoms with Crippen molar-refractivity contribution < 1.29 is 19.0 Å². The Labute approximate surface area is 171 Å². The lowest BCUT2D eigenvalue weighted by atomic mass is 9.53. The molecule has 0 bridgehead atoms. The molecular weight excluding hydrogens is 368 g/mol. The Morgan fingerprint density at radius 2 is 1.76 bits per heavy atom. The maximum atomic E-state index is 13.2. The Balaban J connectivity index is 1.58. The Kier molecular flexibility index (Phi) is 5.00. The van der Waals surface area contributed by atoms with Crippen LogP contribution in [0.15, 0.2) is 48.5 Å². The first-order valence-corrected chi connectivity index (χ1v) is 9.83. The zero-order valence-corrected chi connectivity index (χ0v) is 17.4. The van der Waals surface area contributed by atoms with Crippen molar-refractivity contribution >= 4 is 11.7 Å². The highest BCUT2D eigenvalue weighted by molar-refractivity contribution is 5.92. The molecule has 2 aliphatic rings. The number of hydrogen-bond acceptors (Lipinski definition) is 4. The van der Waals surface area contributed by atoms with E-state index < -0.39 is 5.79 Å². The Morgan fingerprint density at radius 1 is 1.07 bits per heavy atom. The van der Waals surface area contributed by atoms with Gasteiger partial charge in [0.1, 0.15) is 5.75 Å². The van der Waals surface area contributed by atoms with Crippen molar-refractivity contribution in [1.29, 1.82) is 0 Å². The monoisotopic (exact) mass is 396 g/mol. The van der Waals surface area contributed by atoms with Gasteiger partial charge in [0.15, 0.2) is 5.79 Å². The highest BCUT2D eigenvalue weighted by Gasteiger charge is 2.67. The van der Waals surface area contributed by atoms with Crippen LogP contribution in [0.5, 0.6) is 5.75 Å². The summed E-state index contributed by atoms with van der Waals surface area (Å²) in [5.74, 6) is 0.104. The van der Waals surface area contributed by atoms with Crippen LogP contribution in [-0.4, -0.2) is 44.6 Å². The van der Waals surface area contributed by atoms with Crippen molar-refractivity contribution in [3.05, 3.63) is 59.7 Å². The number of nitrogens with one attached hydrogen (secondary N) is 1. The number of benzene rings is 2. The Bertz CT molecular complexity index is 887. The number of urea groups is 1. The Hall–Kier alpha value is -2.57. The molecule has 29 heavy (non-hydrogen) atoms. The molecule has 1 saturated carbocycles. The molecule has 6 heteroatoms. The number of likely N-dealkylation sites (tertiary alicyclic amines) is 1. The number of carbonyl (C=O) groups excluding carboxylic acids is 1. The minimum atomic E-state index is -0.546. The van der Waals surface area contributed by atoms with Gasteiger partial charge in [0.05, 0.1) is 18.8 Å². The second-order valence-electron chi connectivity index (χ2n) is 8.11. The molecule has 1 unspecified atom stereocenters. The summed E-state index contributed by atoms with van der Waals surface area (Å²) < 4.78 is 16.6. The van der Waals surface area contributed by atoms with Gasteiger partial charge >= 0.3 is 6.03 Å². The molecule has 1 spiro atoms. The van der Waals surface area contributed by atoms with E-state index in [2.05, 4.69) is 17.4 Å². The van der Waals surface area contributed by atoms with E-state index in [-0.39, 0.29) is 17.5 Å². The van der Waals surface area contributed by atoms with Gasteiger partial charge in [-0.25, -0.2) is 4.79 Å². The number of amides is 2. The molecule has 0 radical (unpaired) electrons. The number of rotatable bonds is 5. The average Bonchev–Trinajstić information content (AvgIpc) is 2.68. The summed E-state index contributed by atoms with van der Waals surface area (Å²) in [6.45, 7) is 2.66. The standard InChI is InChI=1S/C23H28N2O4/c1-16-10-11-19(27-2)18(12-16)24-21(26)25-15-22(13-23(14-22,28-3)29-4)20(25)17-8-6-5-7-9-17/h5-12,20H,13-15H2,1-4H3,(H,24,26). The van der Waals surface area contributed by atoms with E-state index in [4.69, 9.17) is 14.2 Å². The maximum absolute atomic E-state index is 13.2. The number of nitrogens with zero attached hydrogens (tertiary/aromatic N) is 1. The van der Waals surface area contributed by atoms with Gasteiger partial charge in [0, 0.05) is 39.0 Å². The molecule has 2 aromatic carbocycles. The van der Waals surface area contributed by atoms with Crippen molar-refractivity contribution in [2.45, 2.75) is 31.6 Å². The SMILES string of the molecule is COc1ccc(C)cc1NC(=O)N1CC2(CC(OC)(OC)C2)C1c1ccccc1. The van der Waals surface area contributed by atoms with Gasteiger partial charge in [0.2, 0.25) is 0 Å². The fourth-order valence-corrected chi connectivity index (χ4v) is 4.90. The molecule has 1 aliphatic carbocycles. The molecule has 2 aromatic rings. The van der Waals surface area contributed by atoms with Crippen molar-refractivity contribution in [2.24, 2.45) is 5.41 Å². The fourth-order valence-electron chi connectivity index (χ4n) is 4.90. The first-order chi connectivity index (χ1) is 14.0. The summed E-state index contributed by atoms with van der Waals surface area (Å²) in [6.07, 6.45) is 1.54. The Morgan fingerprint density at radius 3 is 2.38 bits per heavy atom. The fraction of sp³-hybridized carbons (Fsp3) is 0.435. The topological polar surface area (TPSA) is 60.0 Å². The van der Waals surface area contributed by atoms with Crippen LogP contribution in [0.3, 0.4) is 0 Å². The minimum absolute atomic E-state index is 0.0158. The first-order valence-electron chi connectivity index (χ1n) is 9.83. The van der Waals surface area contributed by atoms with Crippen LogP contribution in [0.2, 0.25) is 0 Å². The number of aryl methyl sites for hydroxylation is 1. The van der Waals surface area contributed by atoms with E-state index in [1.54, 1.807) is 21.3 Å². The lowest BCUT2D eigenvalue weighted by Crippen LogP contribution is -2.71. The van der Waals surface area contributed by atoms with E-state index in [1.807, 2.05) is 48.2 Å². The number of anilines is 1. The second kappa shape index (κ2) is 7.35. The molecule has 1 aliphatic heterocycles. The average molecular weight is 396 g/mol. The number of hydrogen-bond donors (Lipinski definition) is 1. The molecule has 1 atom stereocenters. The third-order valence-corrected chi connectivity index (χ3v) is 6.34. The van der Waals surface area contributed by atoms with Crippen LogP contribution in [0.1, 0.15) is 30.0 Å². The van der Waals surface area contributed by atoms with Crippen molar-refractivity contribution in [2.75, 3.05) is 33.2 Å². The molecule has 1 heterocycles. The summed E-state index contributed by atoms with van der Waals surface area (Å²) in [6, 6.07) is 15.8. The summed E-state index contributed by atoms with van der Waals surface area (Å²) in [4.78, 5) is 15.1. The lowest BCUT2D eigenvalue weighted by Gasteiger charge is -2.67. The van der Waals surface area contributed by atoms with Crippen LogP contribution in [0.25, 0.3) is 0 Å². The molecular formula is C23H28N2O4. The molecule has 2 amide bonds. The zero-order valence-electron chi connectivity index (χ0n) is 17.4. The van der Waals surface area contributed by atoms with Gasteiger partial charge < -0.3 is 24.4 Å². The van der Waals surface area contributed by atoms with Crippen molar-refractivity contribution in [3.63, 3.8) is 0 Å². The molecule has 2 fully saturated rings. The highest BCUT2D eigenvalue weighted by atomic mass is 16.7. The first kappa shape index (κ1) is 19.7. The van der Waals surface area contributed by atoms with E-state index in [1.165, 1.54) is 0 Å². The van der Waals surface area contributed by atoms with Gasteiger partial charge in [0.25, 0.3) is 0 Å². The maximum Gasteiger partial charge on any atom is 0.322 e. The van der Waals surface area contributed by atoms with Gasteiger partial charge in [-0.3, -0.25) is 0 Å². The lowest BCUT2D eigenvalue weighted by molar-refractivity contribution is -0.329. The zero-order chi connectivity index (χ0) is 20.6. The van der Waals surface area contributed by atoms with Crippen LogP contribution >= 0.6 is 0 Å². The van der Waals surface area contributed by atoms with Crippen LogP contribution in [0, 0.1) is 12.3 Å². The highest BCUT2D eigenvalue weighted by Crippen LogP contribution is 2.65. The molecule has 0 aromatic heterocycles. The summed E-state index contributed by atoms with van der Waals surface area (Å²) in [5.41, 5.74) is 2.85. The van der Waals surface area contributed by atoms with Gasteiger partial charge in [-0.15, -0.1) is 0 Å². The van der Waals surface area contributed by atoms with Crippen molar-refractivity contribution in [1.82, 2.24) is 4.90 Å². The predicted octanol–water partition coefficient (Wildman–Crippen LogP) is 4.36. The summed E-state index contributed by atoms with van der Waals surface area (Å²) in [7, 11) is 4.97. The predicted molar refractivity (Wildman–Crippen MR) is 111 cm³/mol. The normalized spacial score (nSPS) is 21.2. The third-order valence-electron chi connectivity index (χ3n) is 6.34.